The number of para-hydroxylation sites is 1. The van der Waals surface area contributed by atoms with Crippen molar-refractivity contribution in [3.05, 3.63) is 72.3 Å². The van der Waals surface area contributed by atoms with E-state index in [0.29, 0.717) is 37.7 Å². The topological polar surface area (TPSA) is 93.0 Å². The first-order valence-corrected chi connectivity index (χ1v) is 10.1. The Bertz CT molecular complexity index is 981. The van der Waals surface area contributed by atoms with Crippen LogP contribution in [0.2, 0.25) is 0 Å². The number of hydrogen-bond acceptors (Lipinski definition) is 5. The Balaban J connectivity index is 1.22. The molecule has 0 unspecified atom stereocenters. The van der Waals surface area contributed by atoms with Crippen LogP contribution in [0.4, 0.5) is 0 Å². The first-order chi connectivity index (χ1) is 14.7. The smallest absolute Gasteiger partial charge is 0.273 e. The first kappa shape index (κ1) is 19.8. The summed E-state index contributed by atoms with van der Waals surface area (Å²) in [5.41, 5.74) is 1.94. The lowest BCUT2D eigenvalue weighted by Gasteiger charge is -2.32. The normalized spacial score (nSPS) is 14.5. The zero-order valence-electron chi connectivity index (χ0n) is 16.6. The molecule has 1 aliphatic rings. The predicted octanol–water partition coefficient (Wildman–Crippen LogP) is 1.87. The predicted molar refractivity (Wildman–Crippen MR) is 111 cm³/mol. The van der Waals surface area contributed by atoms with Crippen molar-refractivity contribution in [2.45, 2.75) is 19.3 Å². The number of carbonyl (C=O) groups is 2. The zero-order valence-corrected chi connectivity index (χ0v) is 16.6. The number of rotatable bonds is 6. The second-order valence-electron chi connectivity index (χ2n) is 7.42. The number of carbonyl (C=O) groups excluding carboxylic acids is 2. The van der Waals surface area contributed by atoms with Gasteiger partial charge in [0, 0.05) is 31.5 Å². The van der Waals surface area contributed by atoms with Crippen LogP contribution in [0.5, 0.6) is 0 Å². The molecule has 3 aromatic rings. The van der Waals surface area contributed by atoms with E-state index in [4.69, 9.17) is 0 Å². The van der Waals surface area contributed by atoms with Gasteiger partial charge in [-0.25, -0.2) is 4.68 Å². The van der Waals surface area contributed by atoms with Crippen molar-refractivity contribution < 1.29 is 9.59 Å². The lowest BCUT2D eigenvalue weighted by atomic mass is 9.96. The standard InChI is InChI=1S/C22H24N6O2/c29-21(14-18-6-4-5-11-23-18)27-12-9-17(10-13-27)15-24-22(30)20-16-28(26-25-20)19-7-2-1-3-8-19/h1-8,11,16-17H,9-10,12-15H2,(H,24,30). The van der Waals surface area contributed by atoms with Gasteiger partial charge in [-0.3, -0.25) is 14.6 Å². The van der Waals surface area contributed by atoms with Crippen molar-refractivity contribution in [3.63, 3.8) is 0 Å². The molecule has 2 aromatic heterocycles. The Morgan fingerprint density at radius 3 is 2.53 bits per heavy atom. The maximum atomic E-state index is 12.4. The third kappa shape index (κ3) is 4.89. The molecule has 8 nitrogen and oxygen atoms in total. The monoisotopic (exact) mass is 404 g/mol. The molecule has 2 amide bonds. The van der Waals surface area contributed by atoms with Crippen molar-refractivity contribution >= 4 is 11.8 Å². The lowest BCUT2D eigenvalue weighted by molar-refractivity contribution is -0.131. The van der Waals surface area contributed by atoms with Gasteiger partial charge in [0.15, 0.2) is 5.69 Å². The summed E-state index contributed by atoms with van der Waals surface area (Å²) in [5.74, 6) is 0.219. The zero-order chi connectivity index (χ0) is 20.8. The molecule has 4 rings (SSSR count). The number of piperidine rings is 1. The molecule has 0 atom stereocenters. The molecule has 0 aliphatic carbocycles. The summed E-state index contributed by atoms with van der Waals surface area (Å²) >= 11 is 0. The van der Waals surface area contributed by atoms with Crippen LogP contribution in [-0.2, 0) is 11.2 Å². The third-order valence-corrected chi connectivity index (χ3v) is 5.32. The number of nitrogens with zero attached hydrogens (tertiary/aromatic N) is 5. The molecule has 30 heavy (non-hydrogen) atoms. The van der Waals surface area contributed by atoms with E-state index in [9.17, 15) is 9.59 Å². The summed E-state index contributed by atoms with van der Waals surface area (Å²) in [6.45, 7) is 1.98. The summed E-state index contributed by atoms with van der Waals surface area (Å²) in [7, 11) is 0. The number of benzene rings is 1. The highest BCUT2D eigenvalue weighted by Gasteiger charge is 2.24. The maximum Gasteiger partial charge on any atom is 0.273 e. The molecule has 154 valence electrons. The highest BCUT2D eigenvalue weighted by Crippen LogP contribution is 2.17. The number of likely N-dealkylation sites (tertiary alicyclic amines) is 1. The minimum Gasteiger partial charge on any atom is -0.350 e. The van der Waals surface area contributed by atoms with E-state index in [-0.39, 0.29) is 11.8 Å². The Morgan fingerprint density at radius 1 is 1.03 bits per heavy atom. The molecule has 0 spiro atoms. The molecule has 1 saturated heterocycles. The second-order valence-corrected chi connectivity index (χ2v) is 7.42. The van der Waals surface area contributed by atoms with Gasteiger partial charge in [-0.15, -0.1) is 5.10 Å². The minimum absolute atomic E-state index is 0.105. The van der Waals surface area contributed by atoms with Gasteiger partial charge in [-0.2, -0.15) is 0 Å². The van der Waals surface area contributed by atoms with Gasteiger partial charge in [0.25, 0.3) is 5.91 Å². The number of nitrogens with one attached hydrogen (secondary N) is 1. The van der Waals surface area contributed by atoms with E-state index in [1.807, 2.05) is 53.4 Å². The van der Waals surface area contributed by atoms with Gasteiger partial charge < -0.3 is 10.2 Å². The third-order valence-electron chi connectivity index (χ3n) is 5.32. The molecular formula is C22H24N6O2. The van der Waals surface area contributed by atoms with Crippen molar-refractivity contribution in [1.82, 2.24) is 30.2 Å². The van der Waals surface area contributed by atoms with Crippen LogP contribution in [0, 0.1) is 5.92 Å². The molecule has 3 heterocycles. The summed E-state index contributed by atoms with van der Waals surface area (Å²) < 4.78 is 1.58. The SMILES string of the molecule is O=C(NCC1CCN(C(=O)Cc2ccccn2)CC1)c1cn(-c2ccccc2)nn1. The van der Waals surface area contributed by atoms with Crippen LogP contribution in [0.15, 0.2) is 60.9 Å². The van der Waals surface area contributed by atoms with Crippen LogP contribution in [-0.4, -0.2) is 56.3 Å². The van der Waals surface area contributed by atoms with Crippen LogP contribution < -0.4 is 5.32 Å². The van der Waals surface area contributed by atoms with Crippen LogP contribution >= 0.6 is 0 Å². The molecule has 0 radical (unpaired) electrons. The summed E-state index contributed by atoms with van der Waals surface area (Å²) in [6.07, 6.45) is 5.40. The summed E-state index contributed by atoms with van der Waals surface area (Å²) in [5, 5.41) is 10.9. The fraction of sp³-hybridized carbons (Fsp3) is 0.318. The molecular weight excluding hydrogens is 380 g/mol. The average Bonchev–Trinajstić information content (AvgIpc) is 3.30. The van der Waals surface area contributed by atoms with Crippen LogP contribution in [0.25, 0.3) is 5.69 Å². The van der Waals surface area contributed by atoms with E-state index >= 15 is 0 Å². The second kappa shape index (κ2) is 9.30. The Morgan fingerprint density at radius 2 is 1.80 bits per heavy atom. The Labute approximate surface area is 174 Å². The average molecular weight is 404 g/mol. The molecule has 0 bridgehead atoms. The number of pyridine rings is 1. The minimum atomic E-state index is -0.231. The highest BCUT2D eigenvalue weighted by molar-refractivity contribution is 5.91. The van der Waals surface area contributed by atoms with E-state index < -0.39 is 0 Å². The molecule has 1 fully saturated rings. The van der Waals surface area contributed by atoms with Crippen molar-refractivity contribution in [1.29, 1.82) is 0 Å². The quantitative estimate of drug-likeness (QED) is 0.677. The van der Waals surface area contributed by atoms with Gasteiger partial charge in [-0.05, 0) is 43.0 Å². The Hall–Kier alpha value is -3.55. The van der Waals surface area contributed by atoms with Gasteiger partial charge in [-0.1, -0.05) is 29.5 Å². The van der Waals surface area contributed by atoms with E-state index in [1.165, 1.54) is 0 Å². The van der Waals surface area contributed by atoms with Crippen molar-refractivity contribution in [3.8, 4) is 5.69 Å². The van der Waals surface area contributed by atoms with Gasteiger partial charge in [0.05, 0.1) is 18.3 Å². The summed E-state index contributed by atoms with van der Waals surface area (Å²) in [6, 6.07) is 15.1. The van der Waals surface area contributed by atoms with E-state index in [1.54, 1.807) is 17.1 Å². The molecule has 1 aromatic carbocycles. The summed E-state index contributed by atoms with van der Waals surface area (Å²) in [4.78, 5) is 31.0. The van der Waals surface area contributed by atoms with Gasteiger partial charge >= 0.3 is 0 Å². The highest BCUT2D eigenvalue weighted by atomic mass is 16.2. The molecule has 8 heteroatoms. The largest absolute Gasteiger partial charge is 0.350 e. The fourth-order valence-corrected chi connectivity index (χ4v) is 3.56. The number of amides is 2. The number of aromatic nitrogens is 4. The molecule has 1 aliphatic heterocycles. The lowest BCUT2D eigenvalue weighted by Crippen LogP contribution is -2.42. The van der Waals surface area contributed by atoms with Crippen molar-refractivity contribution in [2.75, 3.05) is 19.6 Å². The molecule has 0 saturated carbocycles. The molecule has 1 N–H and O–H groups in total. The van der Waals surface area contributed by atoms with Gasteiger partial charge in [0.1, 0.15) is 0 Å². The van der Waals surface area contributed by atoms with E-state index in [2.05, 4.69) is 20.6 Å². The maximum absolute atomic E-state index is 12.4. The number of hydrogen-bond donors (Lipinski definition) is 1. The van der Waals surface area contributed by atoms with E-state index in [0.717, 1.165) is 24.2 Å². The van der Waals surface area contributed by atoms with Gasteiger partial charge in [0.2, 0.25) is 5.91 Å². The van der Waals surface area contributed by atoms with Crippen LogP contribution in [0.1, 0.15) is 29.0 Å². The Kier molecular flexibility index (Phi) is 6.12. The first-order valence-electron chi connectivity index (χ1n) is 10.1. The van der Waals surface area contributed by atoms with Crippen molar-refractivity contribution in [2.24, 2.45) is 5.92 Å². The fourth-order valence-electron chi connectivity index (χ4n) is 3.56. The van der Waals surface area contributed by atoms with Crippen LogP contribution in [0.3, 0.4) is 0 Å².